The van der Waals surface area contributed by atoms with E-state index in [4.69, 9.17) is 14.4 Å². The molecular weight excluding hydrogens is 286 g/mol. The van der Waals surface area contributed by atoms with E-state index < -0.39 is 11.9 Å². The number of furan rings is 1. The molecule has 1 heterocycles. The summed E-state index contributed by atoms with van der Waals surface area (Å²) in [7, 11) is 1.19. The minimum atomic E-state index is -0.736. The first-order valence-corrected chi connectivity index (χ1v) is 6.20. The standard InChI is InChI=1S/C16H11NO5/c1-20-15(18)12(10-17)8-11-4-2-5-13(9-11)22-16(19)14-6-3-7-21-14/h2-9H,1H3. The van der Waals surface area contributed by atoms with Crippen LogP contribution in [0, 0.1) is 11.3 Å². The lowest BCUT2D eigenvalue weighted by Gasteiger charge is -2.03. The molecule has 0 amide bonds. The lowest BCUT2D eigenvalue weighted by molar-refractivity contribution is -0.135. The normalized spacial score (nSPS) is 10.6. The van der Waals surface area contributed by atoms with Crippen molar-refractivity contribution in [1.29, 1.82) is 5.26 Å². The Labute approximate surface area is 126 Å². The van der Waals surface area contributed by atoms with Gasteiger partial charge in [0, 0.05) is 0 Å². The SMILES string of the molecule is COC(=O)C(C#N)=Cc1cccc(OC(=O)c2ccco2)c1. The van der Waals surface area contributed by atoms with Gasteiger partial charge >= 0.3 is 11.9 Å². The zero-order chi connectivity index (χ0) is 15.9. The average molecular weight is 297 g/mol. The first-order chi connectivity index (χ1) is 10.6. The van der Waals surface area contributed by atoms with Crippen molar-refractivity contribution in [2.75, 3.05) is 7.11 Å². The molecule has 0 N–H and O–H groups in total. The number of hydrogen-bond donors (Lipinski definition) is 0. The van der Waals surface area contributed by atoms with E-state index in [2.05, 4.69) is 4.74 Å². The van der Waals surface area contributed by atoms with Gasteiger partial charge < -0.3 is 13.9 Å². The predicted molar refractivity (Wildman–Crippen MR) is 75.7 cm³/mol. The summed E-state index contributed by atoms with van der Waals surface area (Å²) >= 11 is 0. The zero-order valence-electron chi connectivity index (χ0n) is 11.6. The summed E-state index contributed by atoms with van der Waals surface area (Å²) in [6, 6.07) is 11.2. The molecule has 0 saturated heterocycles. The molecule has 2 rings (SSSR count). The van der Waals surface area contributed by atoms with Gasteiger partial charge in [-0.25, -0.2) is 9.59 Å². The quantitative estimate of drug-likeness (QED) is 0.373. The molecule has 0 saturated carbocycles. The molecule has 1 aromatic heterocycles. The fourth-order valence-electron chi connectivity index (χ4n) is 1.63. The smallest absolute Gasteiger partial charge is 0.379 e. The molecule has 0 unspecified atom stereocenters. The summed E-state index contributed by atoms with van der Waals surface area (Å²) in [5, 5.41) is 8.91. The van der Waals surface area contributed by atoms with Crippen LogP contribution in [0.2, 0.25) is 0 Å². The highest BCUT2D eigenvalue weighted by Gasteiger charge is 2.12. The van der Waals surface area contributed by atoms with Crippen LogP contribution in [-0.2, 0) is 9.53 Å². The van der Waals surface area contributed by atoms with Crippen LogP contribution in [0.15, 0.2) is 52.7 Å². The van der Waals surface area contributed by atoms with E-state index in [1.165, 1.54) is 31.6 Å². The number of hydrogen-bond acceptors (Lipinski definition) is 6. The summed E-state index contributed by atoms with van der Waals surface area (Å²) < 4.78 is 14.6. The van der Waals surface area contributed by atoms with Gasteiger partial charge in [0.1, 0.15) is 17.4 Å². The Hall–Kier alpha value is -3.33. The van der Waals surface area contributed by atoms with E-state index in [9.17, 15) is 9.59 Å². The molecule has 22 heavy (non-hydrogen) atoms. The van der Waals surface area contributed by atoms with Gasteiger partial charge in [-0.15, -0.1) is 0 Å². The van der Waals surface area contributed by atoms with Crippen molar-refractivity contribution in [3.63, 3.8) is 0 Å². The monoisotopic (exact) mass is 297 g/mol. The number of carbonyl (C=O) groups is 2. The second kappa shape index (κ2) is 6.90. The van der Waals surface area contributed by atoms with Crippen LogP contribution in [-0.4, -0.2) is 19.0 Å². The van der Waals surface area contributed by atoms with E-state index >= 15 is 0 Å². The van der Waals surface area contributed by atoms with Crippen LogP contribution in [0.5, 0.6) is 5.75 Å². The first kappa shape index (κ1) is 15.1. The molecular formula is C16H11NO5. The minimum absolute atomic E-state index is 0.0771. The minimum Gasteiger partial charge on any atom is -0.465 e. The molecule has 0 atom stereocenters. The third kappa shape index (κ3) is 3.61. The number of methoxy groups -OCH3 is 1. The highest BCUT2D eigenvalue weighted by atomic mass is 16.5. The van der Waals surface area contributed by atoms with Crippen molar-refractivity contribution >= 4 is 18.0 Å². The van der Waals surface area contributed by atoms with Gasteiger partial charge in [0.15, 0.2) is 0 Å². The second-order valence-electron chi connectivity index (χ2n) is 4.10. The number of benzene rings is 1. The lowest BCUT2D eigenvalue weighted by atomic mass is 10.1. The summed E-state index contributed by atoms with van der Waals surface area (Å²) in [6.45, 7) is 0. The van der Waals surface area contributed by atoms with Crippen LogP contribution >= 0.6 is 0 Å². The highest BCUT2D eigenvalue weighted by Crippen LogP contribution is 2.18. The summed E-state index contributed by atoms with van der Waals surface area (Å²) in [5.41, 5.74) is 0.365. The Kier molecular flexibility index (Phi) is 4.73. The molecule has 0 radical (unpaired) electrons. The molecule has 0 spiro atoms. The maximum atomic E-state index is 11.8. The lowest BCUT2D eigenvalue weighted by Crippen LogP contribution is -2.07. The van der Waals surface area contributed by atoms with E-state index in [-0.39, 0.29) is 17.1 Å². The predicted octanol–water partition coefficient (Wildman–Crippen LogP) is 2.58. The average Bonchev–Trinajstić information content (AvgIpc) is 3.06. The largest absolute Gasteiger partial charge is 0.465 e. The summed E-state index contributed by atoms with van der Waals surface area (Å²) in [5.74, 6) is -1.04. The molecule has 2 aromatic rings. The first-order valence-electron chi connectivity index (χ1n) is 6.20. The van der Waals surface area contributed by atoms with Crippen LogP contribution in [0.1, 0.15) is 16.1 Å². The number of esters is 2. The Balaban J connectivity index is 2.20. The summed E-state index contributed by atoms with van der Waals surface area (Å²) in [4.78, 5) is 23.1. The fraction of sp³-hybridized carbons (Fsp3) is 0.0625. The second-order valence-corrected chi connectivity index (χ2v) is 4.10. The van der Waals surface area contributed by atoms with Gasteiger partial charge in [-0.05, 0) is 35.9 Å². The van der Waals surface area contributed by atoms with Crippen molar-refractivity contribution in [2.24, 2.45) is 0 Å². The van der Waals surface area contributed by atoms with Gasteiger partial charge in [-0.3, -0.25) is 0 Å². The van der Waals surface area contributed by atoms with Gasteiger partial charge in [-0.2, -0.15) is 5.26 Å². The molecule has 110 valence electrons. The maximum Gasteiger partial charge on any atom is 0.379 e. The van der Waals surface area contributed by atoms with Gasteiger partial charge in [0.05, 0.1) is 13.4 Å². The third-order valence-electron chi connectivity index (χ3n) is 2.63. The van der Waals surface area contributed by atoms with E-state index in [1.807, 2.05) is 0 Å². The van der Waals surface area contributed by atoms with Crippen LogP contribution < -0.4 is 4.74 Å². The van der Waals surface area contributed by atoms with Crippen LogP contribution in [0.25, 0.3) is 6.08 Å². The fourth-order valence-corrected chi connectivity index (χ4v) is 1.63. The van der Waals surface area contributed by atoms with E-state index in [0.29, 0.717) is 5.56 Å². The molecule has 0 aliphatic carbocycles. The van der Waals surface area contributed by atoms with Gasteiger partial charge in [-0.1, -0.05) is 12.1 Å². The van der Waals surface area contributed by atoms with Crippen molar-refractivity contribution in [3.8, 4) is 11.8 Å². The van der Waals surface area contributed by atoms with Gasteiger partial charge in [0.25, 0.3) is 0 Å². The van der Waals surface area contributed by atoms with Crippen molar-refractivity contribution in [3.05, 3.63) is 59.6 Å². The number of nitrogens with zero attached hydrogens (tertiary/aromatic N) is 1. The molecule has 0 fully saturated rings. The number of nitriles is 1. The number of carbonyl (C=O) groups excluding carboxylic acids is 2. The third-order valence-corrected chi connectivity index (χ3v) is 2.63. The Morgan fingerprint density at radius 1 is 1.27 bits per heavy atom. The van der Waals surface area contributed by atoms with E-state index in [0.717, 1.165) is 0 Å². The highest BCUT2D eigenvalue weighted by molar-refractivity contribution is 5.97. The Bertz CT molecular complexity index is 753. The van der Waals surface area contributed by atoms with Crippen molar-refractivity contribution in [2.45, 2.75) is 0 Å². The number of rotatable bonds is 4. The molecule has 0 aliphatic heterocycles. The molecule has 0 bridgehead atoms. The Morgan fingerprint density at radius 2 is 2.09 bits per heavy atom. The summed E-state index contributed by atoms with van der Waals surface area (Å²) in [6.07, 6.45) is 2.71. The molecule has 6 heteroatoms. The number of ether oxygens (including phenoxy) is 2. The Morgan fingerprint density at radius 3 is 2.73 bits per heavy atom. The zero-order valence-corrected chi connectivity index (χ0v) is 11.6. The molecule has 0 aliphatic rings. The topological polar surface area (TPSA) is 89.5 Å². The van der Waals surface area contributed by atoms with Crippen LogP contribution in [0.3, 0.4) is 0 Å². The van der Waals surface area contributed by atoms with Crippen molar-refractivity contribution in [1.82, 2.24) is 0 Å². The maximum absolute atomic E-state index is 11.8. The molecule has 1 aromatic carbocycles. The van der Waals surface area contributed by atoms with Crippen molar-refractivity contribution < 1.29 is 23.5 Å². The van der Waals surface area contributed by atoms with E-state index in [1.54, 1.807) is 30.3 Å². The van der Waals surface area contributed by atoms with Crippen LogP contribution in [0.4, 0.5) is 0 Å². The molecule has 6 nitrogen and oxygen atoms in total. The van der Waals surface area contributed by atoms with Gasteiger partial charge in [0.2, 0.25) is 5.76 Å².